The molecule has 2 aromatic heterocycles. The topological polar surface area (TPSA) is 84.5 Å². The highest BCUT2D eigenvalue weighted by Gasteiger charge is 2.31. The van der Waals surface area contributed by atoms with Crippen LogP contribution in [-0.4, -0.2) is 11.8 Å². The molecule has 2 N–H and O–H groups in total. The molecule has 0 aliphatic rings. The second-order valence-corrected chi connectivity index (χ2v) is 8.40. The van der Waals surface area contributed by atoms with Crippen molar-refractivity contribution in [3.63, 3.8) is 0 Å². The molecule has 182 valence electrons. The zero-order valence-corrected chi connectivity index (χ0v) is 19.0. The maximum absolute atomic E-state index is 13.1. The van der Waals surface area contributed by atoms with Gasteiger partial charge in [-0.1, -0.05) is 29.8 Å². The first-order chi connectivity index (χ1) is 17.2. The van der Waals surface area contributed by atoms with Crippen molar-refractivity contribution in [1.29, 1.82) is 0 Å². The van der Waals surface area contributed by atoms with Gasteiger partial charge in [-0.2, -0.15) is 13.2 Å². The molecule has 0 fully saturated rings. The second-order valence-electron chi connectivity index (χ2n) is 7.96. The van der Waals surface area contributed by atoms with Gasteiger partial charge in [-0.05, 0) is 48.5 Å². The number of hydrogen-bond acceptors (Lipinski definition) is 4. The molecule has 6 nitrogen and oxygen atoms in total. The van der Waals surface area contributed by atoms with Gasteiger partial charge in [0.05, 0.1) is 18.2 Å². The number of amides is 2. The maximum Gasteiger partial charge on any atom is 0.416 e. The molecule has 3 aromatic carbocycles. The van der Waals surface area contributed by atoms with Crippen LogP contribution >= 0.6 is 11.6 Å². The molecular weight excluding hydrogens is 497 g/mol. The molecule has 0 saturated carbocycles. The number of halogens is 4. The van der Waals surface area contributed by atoms with Crippen molar-refractivity contribution < 1.29 is 31.6 Å². The van der Waals surface area contributed by atoms with Gasteiger partial charge in [0, 0.05) is 27.0 Å². The van der Waals surface area contributed by atoms with Crippen LogP contribution in [0.15, 0.2) is 81.8 Å². The van der Waals surface area contributed by atoms with Gasteiger partial charge in [0.2, 0.25) is 11.7 Å². The van der Waals surface area contributed by atoms with Crippen molar-refractivity contribution in [2.24, 2.45) is 0 Å². The van der Waals surface area contributed by atoms with Crippen LogP contribution in [0.2, 0.25) is 5.02 Å². The summed E-state index contributed by atoms with van der Waals surface area (Å²) in [5.74, 6) is -1.53. The SMILES string of the molecule is O=C(Cc1coc2ccc(Cl)cc12)Nc1c(C(=O)Nc2cccc(C(F)(F)F)c2)oc2ccccc12. The highest BCUT2D eigenvalue weighted by atomic mass is 35.5. The standard InChI is InChI=1S/C26H16ClF3N2O4/c27-16-8-9-20-19(12-16)14(13-35-20)10-22(33)32-23-18-6-1-2-7-21(18)36-24(23)25(34)31-17-5-3-4-15(11-17)26(28,29)30/h1-9,11-13H,10H2,(H,31,34)(H,32,33). The molecular formula is C26H16ClF3N2O4. The summed E-state index contributed by atoms with van der Waals surface area (Å²) < 4.78 is 50.3. The van der Waals surface area contributed by atoms with Crippen molar-refractivity contribution in [1.82, 2.24) is 0 Å². The Morgan fingerprint density at radius 1 is 0.889 bits per heavy atom. The van der Waals surface area contributed by atoms with Crippen molar-refractivity contribution >= 4 is 56.7 Å². The smallest absolute Gasteiger partial charge is 0.416 e. The van der Waals surface area contributed by atoms with E-state index in [2.05, 4.69) is 10.6 Å². The number of alkyl halides is 3. The fraction of sp³-hybridized carbons (Fsp3) is 0.0769. The average Bonchev–Trinajstić information content (AvgIpc) is 3.40. The zero-order valence-electron chi connectivity index (χ0n) is 18.3. The third-order valence-corrected chi connectivity index (χ3v) is 5.72. The van der Waals surface area contributed by atoms with E-state index < -0.39 is 23.6 Å². The van der Waals surface area contributed by atoms with Crippen molar-refractivity contribution in [2.75, 3.05) is 10.6 Å². The lowest BCUT2D eigenvalue weighted by molar-refractivity contribution is -0.137. The first-order valence-corrected chi connectivity index (χ1v) is 11.0. The quantitative estimate of drug-likeness (QED) is 0.259. The monoisotopic (exact) mass is 512 g/mol. The number of carbonyl (C=O) groups excluding carboxylic acids is 2. The number of nitrogens with one attached hydrogen (secondary N) is 2. The summed E-state index contributed by atoms with van der Waals surface area (Å²) in [6.07, 6.45) is -3.20. The number of benzene rings is 3. The van der Waals surface area contributed by atoms with Crippen molar-refractivity contribution in [2.45, 2.75) is 12.6 Å². The van der Waals surface area contributed by atoms with E-state index in [1.165, 1.54) is 18.4 Å². The summed E-state index contributed by atoms with van der Waals surface area (Å²) >= 11 is 6.06. The highest BCUT2D eigenvalue weighted by Crippen LogP contribution is 2.34. The summed E-state index contributed by atoms with van der Waals surface area (Å²) in [6.45, 7) is 0. The van der Waals surface area contributed by atoms with E-state index in [-0.39, 0.29) is 23.6 Å². The molecule has 5 rings (SSSR count). The van der Waals surface area contributed by atoms with Crippen LogP contribution in [0.5, 0.6) is 0 Å². The molecule has 2 amide bonds. The van der Waals surface area contributed by atoms with E-state index in [4.69, 9.17) is 20.4 Å². The summed E-state index contributed by atoms with van der Waals surface area (Å²) in [5.41, 5.74) is 0.596. The lowest BCUT2D eigenvalue weighted by Crippen LogP contribution is -2.18. The molecule has 0 saturated heterocycles. The number of furan rings is 2. The Morgan fingerprint density at radius 3 is 2.50 bits per heavy atom. The number of carbonyl (C=O) groups is 2. The Hall–Kier alpha value is -4.24. The van der Waals surface area contributed by atoms with Crippen LogP contribution < -0.4 is 10.6 Å². The molecule has 0 aliphatic carbocycles. The van der Waals surface area contributed by atoms with Gasteiger partial charge < -0.3 is 19.5 Å². The van der Waals surface area contributed by atoms with E-state index in [9.17, 15) is 22.8 Å². The lowest BCUT2D eigenvalue weighted by Gasteiger charge is -2.10. The van der Waals surface area contributed by atoms with Crippen LogP contribution in [0.25, 0.3) is 21.9 Å². The van der Waals surface area contributed by atoms with Crippen LogP contribution in [0.1, 0.15) is 21.7 Å². The molecule has 0 atom stereocenters. The van der Waals surface area contributed by atoms with Gasteiger partial charge in [0.25, 0.3) is 5.91 Å². The molecule has 36 heavy (non-hydrogen) atoms. The number of fused-ring (bicyclic) bond motifs is 2. The molecule has 2 heterocycles. The first-order valence-electron chi connectivity index (χ1n) is 10.6. The first kappa shape index (κ1) is 23.5. The summed E-state index contributed by atoms with van der Waals surface area (Å²) in [5, 5.41) is 6.74. The summed E-state index contributed by atoms with van der Waals surface area (Å²) in [7, 11) is 0. The van der Waals surface area contributed by atoms with E-state index in [0.717, 1.165) is 12.1 Å². The highest BCUT2D eigenvalue weighted by molar-refractivity contribution is 6.31. The third-order valence-electron chi connectivity index (χ3n) is 5.48. The summed E-state index contributed by atoms with van der Waals surface area (Å²) in [4.78, 5) is 26.0. The van der Waals surface area contributed by atoms with E-state index in [1.54, 1.807) is 42.5 Å². The Morgan fingerprint density at radius 2 is 1.69 bits per heavy atom. The van der Waals surface area contributed by atoms with E-state index >= 15 is 0 Å². The van der Waals surface area contributed by atoms with Crippen LogP contribution in [-0.2, 0) is 17.4 Å². The Kier molecular flexibility index (Phi) is 5.93. The van der Waals surface area contributed by atoms with E-state index in [0.29, 0.717) is 32.5 Å². The predicted molar refractivity (Wildman–Crippen MR) is 129 cm³/mol. The minimum Gasteiger partial charge on any atom is -0.464 e. The minimum atomic E-state index is -4.57. The molecule has 0 radical (unpaired) electrons. The Labute approximate surface area is 206 Å². The lowest BCUT2D eigenvalue weighted by atomic mass is 10.1. The van der Waals surface area contributed by atoms with Crippen LogP contribution in [0, 0.1) is 0 Å². The van der Waals surface area contributed by atoms with Crippen LogP contribution in [0.3, 0.4) is 0 Å². The van der Waals surface area contributed by atoms with Gasteiger partial charge in [0.1, 0.15) is 16.9 Å². The van der Waals surface area contributed by atoms with Crippen molar-refractivity contribution in [3.05, 3.63) is 94.9 Å². The molecule has 0 aliphatic heterocycles. The maximum atomic E-state index is 13.1. The number of para-hydroxylation sites is 1. The molecule has 5 aromatic rings. The summed E-state index contributed by atoms with van der Waals surface area (Å²) in [6, 6.07) is 15.9. The number of rotatable bonds is 5. The second kappa shape index (κ2) is 9.09. The fourth-order valence-corrected chi connectivity index (χ4v) is 4.01. The minimum absolute atomic E-state index is 0.0747. The normalized spacial score (nSPS) is 11.7. The number of hydrogen-bond donors (Lipinski definition) is 2. The molecule has 10 heteroatoms. The fourth-order valence-electron chi connectivity index (χ4n) is 3.84. The molecule has 0 spiro atoms. The van der Waals surface area contributed by atoms with Gasteiger partial charge in [0.15, 0.2) is 0 Å². The van der Waals surface area contributed by atoms with E-state index in [1.807, 2.05) is 0 Å². The predicted octanol–water partition coefficient (Wildman–Crippen LogP) is 7.28. The largest absolute Gasteiger partial charge is 0.464 e. The average molecular weight is 513 g/mol. The van der Waals surface area contributed by atoms with Crippen molar-refractivity contribution in [3.8, 4) is 0 Å². The van der Waals surface area contributed by atoms with Gasteiger partial charge in [-0.3, -0.25) is 9.59 Å². The molecule has 0 bridgehead atoms. The molecule has 0 unspecified atom stereocenters. The van der Waals surface area contributed by atoms with Gasteiger partial charge in [-0.25, -0.2) is 0 Å². The zero-order chi connectivity index (χ0) is 25.4. The van der Waals surface area contributed by atoms with Crippen LogP contribution in [0.4, 0.5) is 24.5 Å². The van der Waals surface area contributed by atoms with Gasteiger partial charge >= 0.3 is 6.18 Å². The van der Waals surface area contributed by atoms with Gasteiger partial charge in [-0.15, -0.1) is 0 Å². The number of anilines is 2. The Bertz CT molecular complexity index is 1620. The third kappa shape index (κ3) is 4.65. The Balaban J connectivity index is 1.43.